The monoisotopic (exact) mass is 225 g/mol. The first-order valence-corrected chi connectivity index (χ1v) is 5.93. The highest BCUT2D eigenvalue weighted by Gasteiger charge is 2.32. The molecule has 1 fully saturated rings. The summed E-state index contributed by atoms with van der Waals surface area (Å²) in [6.45, 7) is 7.95. The van der Waals surface area contributed by atoms with Gasteiger partial charge in [-0.2, -0.15) is 0 Å². The minimum absolute atomic E-state index is 0.0603. The lowest BCUT2D eigenvalue weighted by molar-refractivity contribution is -0.136. The Morgan fingerprint density at radius 2 is 2.31 bits per heavy atom. The van der Waals surface area contributed by atoms with Crippen LogP contribution in [0.25, 0.3) is 0 Å². The maximum absolute atomic E-state index is 12.3. The van der Waals surface area contributed by atoms with Crippen LogP contribution in [0.3, 0.4) is 0 Å². The molecule has 2 atom stereocenters. The smallest absolute Gasteiger partial charge is 0.240 e. The second-order valence-corrected chi connectivity index (χ2v) is 4.49. The fourth-order valence-corrected chi connectivity index (χ4v) is 2.21. The first-order valence-electron chi connectivity index (χ1n) is 5.93. The van der Waals surface area contributed by atoms with E-state index >= 15 is 0 Å². The molecule has 0 bridgehead atoms. The van der Waals surface area contributed by atoms with Crippen LogP contribution in [0, 0.1) is 0 Å². The van der Waals surface area contributed by atoms with Gasteiger partial charge in [-0.3, -0.25) is 9.69 Å². The molecule has 4 nitrogen and oxygen atoms in total. The molecule has 1 rings (SSSR count). The van der Waals surface area contributed by atoms with Crippen molar-refractivity contribution in [2.45, 2.75) is 31.8 Å². The number of amides is 1. The Kier molecular flexibility index (Phi) is 4.96. The second-order valence-electron chi connectivity index (χ2n) is 4.49. The molecule has 1 aliphatic rings. The van der Waals surface area contributed by atoms with E-state index in [-0.39, 0.29) is 18.0 Å². The van der Waals surface area contributed by atoms with E-state index in [2.05, 4.69) is 18.4 Å². The van der Waals surface area contributed by atoms with E-state index in [0.29, 0.717) is 13.1 Å². The van der Waals surface area contributed by atoms with Crippen LogP contribution in [-0.2, 0) is 4.79 Å². The van der Waals surface area contributed by atoms with E-state index in [9.17, 15) is 4.79 Å². The van der Waals surface area contributed by atoms with Gasteiger partial charge in [0.15, 0.2) is 0 Å². The quantitative estimate of drug-likeness (QED) is 0.706. The standard InChI is InChI=1S/C12H23N3O/c1-4-8-15-10(2)6-9-14(3)11(5-7-13)12(15)16/h4,10-11H,1,5-9,13H2,2-3H3. The maximum atomic E-state index is 12.3. The molecule has 0 aromatic carbocycles. The van der Waals surface area contributed by atoms with E-state index in [1.807, 2.05) is 11.9 Å². The van der Waals surface area contributed by atoms with E-state index in [1.54, 1.807) is 6.08 Å². The predicted octanol–water partition coefficient (Wildman–Crippen LogP) is 0.442. The minimum atomic E-state index is -0.0603. The van der Waals surface area contributed by atoms with Crippen molar-refractivity contribution in [3.8, 4) is 0 Å². The fraction of sp³-hybridized carbons (Fsp3) is 0.750. The average Bonchev–Trinajstić information content (AvgIpc) is 2.36. The molecule has 1 amide bonds. The molecule has 1 heterocycles. The molecule has 0 aromatic heterocycles. The van der Waals surface area contributed by atoms with E-state index < -0.39 is 0 Å². The molecule has 4 heteroatoms. The third-order valence-corrected chi connectivity index (χ3v) is 3.30. The number of rotatable bonds is 4. The molecule has 2 N–H and O–H groups in total. The fourth-order valence-electron chi connectivity index (χ4n) is 2.21. The molecule has 0 radical (unpaired) electrons. The SMILES string of the molecule is C=CCN1C(=O)C(CCN)N(C)CCC1C. The van der Waals surface area contributed by atoms with Crippen molar-refractivity contribution < 1.29 is 4.79 Å². The lowest BCUT2D eigenvalue weighted by atomic mass is 10.1. The molecule has 0 spiro atoms. The number of carbonyl (C=O) groups is 1. The number of likely N-dealkylation sites (N-methyl/N-ethyl adjacent to an activating group) is 1. The van der Waals surface area contributed by atoms with Crippen molar-refractivity contribution in [2.24, 2.45) is 5.73 Å². The Hall–Kier alpha value is -0.870. The summed E-state index contributed by atoms with van der Waals surface area (Å²) >= 11 is 0. The first-order chi connectivity index (χ1) is 7.61. The minimum Gasteiger partial charge on any atom is -0.335 e. The van der Waals surface area contributed by atoms with Crippen LogP contribution >= 0.6 is 0 Å². The van der Waals surface area contributed by atoms with Crippen LogP contribution in [-0.4, -0.2) is 54.5 Å². The number of hydrogen-bond donors (Lipinski definition) is 1. The summed E-state index contributed by atoms with van der Waals surface area (Å²) in [5.74, 6) is 0.192. The number of hydrogen-bond acceptors (Lipinski definition) is 3. The molecule has 0 aliphatic carbocycles. The van der Waals surface area contributed by atoms with Gasteiger partial charge in [-0.25, -0.2) is 0 Å². The van der Waals surface area contributed by atoms with Gasteiger partial charge in [0, 0.05) is 19.1 Å². The molecule has 2 unspecified atom stereocenters. The zero-order valence-electron chi connectivity index (χ0n) is 10.4. The summed E-state index contributed by atoms with van der Waals surface area (Å²) in [4.78, 5) is 16.4. The van der Waals surface area contributed by atoms with Gasteiger partial charge in [0.1, 0.15) is 0 Å². The van der Waals surface area contributed by atoms with Crippen LogP contribution in [0.5, 0.6) is 0 Å². The highest BCUT2D eigenvalue weighted by atomic mass is 16.2. The zero-order valence-corrected chi connectivity index (χ0v) is 10.4. The second kappa shape index (κ2) is 6.01. The molecule has 1 saturated heterocycles. The Morgan fingerprint density at radius 3 is 2.88 bits per heavy atom. The predicted molar refractivity (Wildman–Crippen MR) is 66.1 cm³/mol. The van der Waals surface area contributed by atoms with Gasteiger partial charge in [-0.1, -0.05) is 6.08 Å². The molecule has 92 valence electrons. The lowest BCUT2D eigenvalue weighted by Gasteiger charge is -2.29. The number of carbonyl (C=O) groups excluding carboxylic acids is 1. The molecule has 16 heavy (non-hydrogen) atoms. The van der Waals surface area contributed by atoms with E-state index in [1.165, 1.54) is 0 Å². The molecular formula is C12H23N3O. The summed E-state index contributed by atoms with van der Waals surface area (Å²) < 4.78 is 0. The summed E-state index contributed by atoms with van der Waals surface area (Å²) in [5, 5.41) is 0. The Morgan fingerprint density at radius 1 is 1.62 bits per heavy atom. The molecule has 1 aliphatic heterocycles. The van der Waals surface area contributed by atoms with Crippen LogP contribution in [0.1, 0.15) is 19.8 Å². The van der Waals surface area contributed by atoms with Gasteiger partial charge < -0.3 is 10.6 Å². The van der Waals surface area contributed by atoms with Gasteiger partial charge in [-0.15, -0.1) is 6.58 Å². The summed E-state index contributed by atoms with van der Waals surface area (Å²) in [7, 11) is 2.00. The molecular weight excluding hydrogens is 202 g/mol. The van der Waals surface area contributed by atoms with Crippen LogP contribution in [0.15, 0.2) is 12.7 Å². The summed E-state index contributed by atoms with van der Waals surface area (Å²) in [6.07, 6.45) is 3.53. The maximum Gasteiger partial charge on any atom is 0.240 e. The van der Waals surface area contributed by atoms with Crippen molar-refractivity contribution >= 4 is 5.91 Å². The van der Waals surface area contributed by atoms with Gasteiger partial charge in [0.2, 0.25) is 5.91 Å². The Bertz CT molecular complexity index is 255. The number of nitrogens with zero attached hydrogens (tertiary/aromatic N) is 2. The van der Waals surface area contributed by atoms with Gasteiger partial charge >= 0.3 is 0 Å². The van der Waals surface area contributed by atoms with Crippen LogP contribution in [0.2, 0.25) is 0 Å². The van der Waals surface area contributed by atoms with Gasteiger partial charge in [-0.05, 0) is 33.4 Å². The summed E-state index contributed by atoms with van der Waals surface area (Å²) in [5.41, 5.74) is 5.57. The van der Waals surface area contributed by atoms with E-state index in [4.69, 9.17) is 5.73 Å². The zero-order chi connectivity index (χ0) is 12.1. The van der Waals surface area contributed by atoms with Crippen molar-refractivity contribution in [2.75, 3.05) is 26.7 Å². The van der Waals surface area contributed by atoms with Gasteiger partial charge in [0.05, 0.1) is 6.04 Å². The lowest BCUT2D eigenvalue weighted by Crippen LogP contribution is -2.47. The summed E-state index contributed by atoms with van der Waals surface area (Å²) in [6, 6.07) is 0.227. The molecule has 0 saturated carbocycles. The van der Waals surface area contributed by atoms with Gasteiger partial charge in [0.25, 0.3) is 0 Å². The van der Waals surface area contributed by atoms with Crippen molar-refractivity contribution in [1.82, 2.24) is 9.80 Å². The highest BCUT2D eigenvalue weighted by molar-refractivity contribution is 5.82. The van der Waals surface area contributed by atoms with Crippen molar-refractivity contribution in [1.29, 1.82) is 0 Å². The average molecular weight is 225 g/mol. The largest absolute Gasteiger partial charge is 0.335 e. The molecule has 0 aromatic rings. The number of nitrogens with two attached hydrogens (primary N) is 1. The van der Waals surface area contributed by atoms with E-state index in [0.717, 1.165) is 19.4 Å². The highest BCUT2D eigenvalue weighted by Crippen LogP contribution is 2.17. The Labute approximate surface area is 98.1 Å². The Balaban J connectivity index is 2.83. The van der Waals surface area contributed by atoms with Crippen molar-refractivity contribution in [3.63, 3.8) is 0 Å². The normalized spacial score (nSPS) is 27.9. The first kappa shape index (κ1) is 13.2. The van der Waals surface area contributed by atoms with Crippen molar-refractivity contribution in [3.05, 3.63) is 12.7 Å². The van der Waals surface area contributed by atoms with Crippen LogP contribution < -0.4 is 5.73 Å². The van der Waals surface area contributed by atoms with Crippen LogP contribution in [0.4, 0.5) is 0 Å². The third kappa shape index (κ3) is 2.83. The third-order valence-electron chi connectivity index (χ3n) is 3.30. The topological polar surface area (TPSA) is 49.6 Å².